The van der Waals surface area contributed by atoms with Crippen molar-refractivity contribution in [3.63, 3.8) is 0 Å². The van der Waals surface area contributed by atoms with Crippen molar-refractivity contribution in [3.8, 4) is 0 Å². The van der Waals surface area contributed by atoms with Crippen LogP contribution >= 0.6 is 22.9 Å². The van der Waals surface area contributed by atoms with Crippen LogP contribution in [0.3, 0.4) is 0 Å². The molecule has 0 aromatic carbocycles. The van der Waals surface area contributed by atoms with E-state index in [0.29, 0.717) is 5.22 Å². The first-order valence-electron chi connectivity index (χ1n) is 5.31. The van der Waals surface area contributed by atoms with Crippen LogP contribution in [-0.4, -0.2) is 6.54 Å². The van der Waals surface area contributed by atoms with Crippen molar-refractivity contribution in [2.24, 2.45) is 0 Å². The normalized spacial score (nSPS) is 12.9. The summed E-state index contributed by atoms with van der Waals surface area (Å²) in [6.45, 7) is 3.11. The van der Waals surface area contributed by atoms with Crippen LogP contribution in [0, 0.1) is 0 Å². The number of hydrogen-bond donors (Lipinski definition) is 1. The molecule has 0 radical (unpaired) electrons. The monoisotopic (exact) mass is 255 g/mol. The molecule has 2 nitrogen and oxygen atoms in total. The molecule has 2 aromatic rings. The van der Waals surface area contributed by atoms with Crippen LogP contribution in [0.5, 0.6) is 0 Å². The minimum absolute atomic E-state index is 0.137. The van der Waals surface area contributed by atoms with Crippen molar-refractivity contribution in [1.82, 2.24) is 5.32 Å². The summed E-state index contributed by atoms with van der Waals surface area (Å²) in [6, 6.07) is 4.17. The van der Waals surface area contributed by atoms with Crippen molar-refractivity contribution in [3.05, 3.63) is 45.5 Å². The van der Waals surface area contributed by atoms with Gasteiger partial charge in [-0.1, -0.05) is 6.92 Å². The highest BCUT2D eigenvalue weighted by Gasteiger charge is 2.18. The van der Waals surface area contributed by atoms with Crippen molar-refractivity contribution < 1.29 is 4.42 Å². The summed E-state index contributed by atoms with van der Waals surface area (Å²) < 4.78 is 5.15. The molecular formula is C12H14ClNOS. The molecule has 4 heteroatoms. The Hall–Kier alpha value is -0.770. The van der Waals surface area contributed by atoms with Gasteiger partial charge in [-0.2, -0.15) is 11.3 Å². The standard InChI is InChI=1S/C12H14ClNOS/c1-2-5-14-11(9-4-7-16-8-9)10-3-6-15-12(10)13/h3-4,6-8,11,14H,2,5H2,1H3. The fourth-order valence-corrected chi connectivity index (χ4v) is 2.56. The van der Waals surface area contributed by atoms with Gasteiger partial charge in [0.25, 0.3) is 0 Å². The zero-order chi connectivity index (χ0) is 11.4. The number of halogens is 1. The highest BCUT2D eigenvalue weighted by atomic mass is 35.5. The lowest BCUT2D eigenvalue weighted by Gasteiger charge is -2.16. The Morgan fingerprint density at radius 3 is 2.94 bits per heavy atom. The Morgan fingerprint density at radius 1 is 1.50 bits per heavy atom. The lowest BCUT2D eigenvalue weighted by Crippen LogP contribution is -2.22. The van der Waals surface area contributed by atoms with Crippen LogP contribution in [0.1, 0.15) is 30.5 Å². The van der Waals surface area contributed by atoms with Gasteiger partial charge >= 0.3 is 0 Å². The van der Waals surface area contributed by atoms with E-state index < -0.39 is 0 Å². The number of hydrogen-bond acceptors (Lipinski definition) is 3. The number of rotatable bonds is 5. The van der Waals surface area contributed by atoms with Crippen LogP contribution in [0.2, 0.25) is 5.22 Å². The average molecular weight is 256 g/mol. The molecule has 2 aromatic heterocycles. The molecule has 0 saturated heterocycles. The molecule has 2 heterocycles. The molecule has 86 valence electrons. The fourth-order valence-electron chi connectivity index (χ4n) is 1.65. The molecule has 0 saturated carbocycles. The van der Waals surface area contributed by atoms with Crippen molar-refractivity contribution in [2.45, 2.75) is 19.4 Å². The summed E-state index contributed by atoms with van der Waals surface area (Å²) in [7, 11) is 0. The van der Waals surface area contributed by atoms with E-state index in [2.05, 4.69) is 29.1 Å². The Kier molecular flexibility index (Phi) is 4.04. The van der Waals surface area contributed by atoms with Crippen molar-refractivity contribution in [1.29, 1.82) is 0 Å². The maximum absolute atomic E-state index is 6.03. The zero-order valence-corrected chi connectivity index (χ0v) is 10.6. The van der Waals surface area contributed by atoms with Gasteiger partial charge < -0.3 is 9.73 Å². The highest BCUT2D eigenvalue weighted by molar-refractivity contribution is 7.08. The first-order chi connectivity index (χ1) is 7.83. The second kappa shape index (κ2) is 5.53. The molecule has 1 unspecified atom stereocenters. The predicted molar refractivity (Wildman–Crippen MR) is 68.2 cm³/mol. The molecule has 16 heavy (non-hydrogen) atoms. The van der Waals surface area contributed by atoms with Crippen LogP contribution in [0.15, 0.2) is 33.6 Å². The maximum atomic E-state index is 6.03. The second-order valence-electron chi connectivity index (χ2n) is 3.59. The van der Waals surface area contributed by atoms with E-state index in [-0.39, 0.29) is 6.04 Å². The number of furan rings is 1. The van der Waals surface area contributed by atoms with E-state index in [9.17, 15) is 0 Å². The highest BCUT2D eigenvalue weighted by Crippen LogP contribution is 2.30. The van der Waals surface area contributed by atoms with Gasteiger partial charge in [-0.25, -0.2) is 0 Å². The van der Waals surface area contributed by atoms with E-state index >= 15 is 0 Å². The smallest absolute Gasteiger partial charge is 0.198 e. The Labute approximate surface area is 104 Å². The van der Waals surface area contributed by atoms with Gasteiger partial charge in [-0.05, 0) is 53.0 Å². The summed E-state index contributed by atoms with van der Waals surface area (Å²) in [5.74, 6) is 0. The number of nitrogens with one attached hydrogen (secondary N) is 1. The first kappa shape index (κ1) is 11.7. The average Bonchev–Trinajstić information content (AvgIpc) is 2.91. The fraction of sp³-hybridized carbons (Fsp3) is 0.333. The summed E-state index contributed by atoms with van der Waals surface area (Å²) >= 11 is 7.72. The third-order valence-corrected chi connectivity index (χ3v) is 3.44. The van der Waals surface area contributed by atoms with Gasteiger partial charge in [0.1, 0.15) is 0 Å². The summed E-state index contributed by atoms with van der Waals surface area (Å²) in [5, 5.41) is 8.16. The Balaban J connectivity index is 2.25. The molecule has 0 bridgehead atoms. The summed E-state index contributed by atoms with van der Waals surface area (Å²) in [4.78, 5) is 0. The molecule has 0 fully saturated rings. The first-order valence-corrected chi connectivity index (χ1v) is 6.63. The van der Waals surface area contributed by atoms with E-state index in [0.717, 1.165) is 18.5 Å². The van der Waals surface area contributed by atoms with Crippen molar-refractivity contribution in [2.75, 3.05) is 6.54 Å². The SMILES string of the molecule is CCCNC(c1ccsc1)c1ccoc1Cl. The zero-order valence-electron chi connectivity index (χ0n) is 9.07. The summed E-state index contributed by atoms with van der Waals surface area (Å²) in [6.07, 6.45) is 2.72. The molecular weight excluding hydrogens is 242 g/mol. The lowest BCUT2D eigenvalue weighted by atomic mass is 10.0. The molecule has 0 amide bonds. The molecule has 2 rings (SSSR count). The van der Waals surface area contributed by atoms with Crippen LogP contribution in [-0.2, 0) is 0 Å². The molecule has 0 spiro atoms. The minimum Gasteiger partial charge on any atom is -0.453 e. The van der Waals surface area contributed by atoms with Crippen LogP contribution in [0.4, 0.5) is 0 Å². The Bertz CT molecular complexity index is 424. The maximum Gasteiger partial charge on any atom is 0.198 e. The van der Waals surface area contributed by atoms with Gasteiger partial charge in [-0.15, -0.1) is 0 Å². The molecule has 1 N–H and O–H groups in total. The Morgan fingerprint density at radius 2 is 2.38 bits per heavy atom. The van der Waals surface area contributed by atoms with Crippen LogP contribution < -0.4 is 5.32 Å². The quantitative estimate of drug-likeness (QED) is 0.871. The largest absolute Gasteiger partial charge is 0.453 e. The van der Waals surface area contributed by atoms with E-state index in [4.69, 9.17) is 16.0 Å². The van der Waals surface area contributed by atoms with Gasteiger partial charge in [-0.3, -0.25) is 0 Å². The molecule has 1 atom stereocenters. The molecule has 0 aliphatic heterocycles. The van der Waals surface area contributed by atoms with E-state index in [1.165, 1.54) is 5.56 Å². The van der Waals surface area contributed by atoms with Gasteiger partial charge in [0.05, 0.1) is 12.3 Å². The molecule has 0 aliphatic rings. The van der Waals surface area contributed by atoms with Crippen LogP contribution in [0.25, 0.3) is 0 Å². The van der Waals surface area contributed by atoms with Gasteiger partial charge in [0.2, 0.25) is 0 Å². The number of thiophene rings is 1. The van der Waals surface area contributed by atoms with E-state index in [1.54, 1.807) is 17.6 Å². The predicted octanol–water partition coefficient (Wildman–Crippen LogP) is 4.08. The lowest BCUT2D eigenvalue weighted by molar-refractivity contribution is 0.550. The minimum atomic E-state index is 0.137. The third-order valence-electron chi connectivity index (χ3n) is 2.43. The van der Waals surface area contributed by atoms with Gasteiger partial charge in [0, 0.05) is 5.56 Å². The van der Waals surface area contributed by atoms with E-state index in [1.807, 2.05) is 6.07 Å². The van der Waals surface area contributed by atoms with Crippen molar-refractivity contribution >= 4 is 22.9 Å². The van der Waals surface area contributed by atoms with Gasteiger partial charge in [0.15, 0.2) is 5.22 Å². The third kappa shape index (κ3) is 2.48. The molecule has 0 aliphatic carbocycles. The summed E-state index contributed by atoms with van der Waals surface area (Å²) in [5.41, 5.74) is 2.25. The second-order valence-corrected chi connectivity index (χ2v) is 4.72. The topological polar surface area (TPSA) is 25.2 Å².